The minimum atomic E-state index is -1.22. The molecule has 2 amide bonds. The lowest BCUT2D eigenvalue weighted by molar-refractivity contribution is -0.138. The average Bonchev–Trinajstić information content (AvgIpc) is 2.72. The summed E-state index contributed by atoms with van der Waals surface area (Å²) in [7, 11) is 0. The summed E-state index contributed by atoms with van der Waals surface area (Å²) in [6.45, 7) is 0. The minimum absolute atomic E-state index is 0.0161. The molecule has 2 rings (SSSR count). The van der Waals surface area contributed by atoms with Crippen LogP contribution in [0.15, 0.2) is 12.2 Å². The maximum absolute atomic E-state index is 12.3. The summed E-state index contributed by atoms with van der Waals surface area (Å²) in [5.41, 5.74) is 0. The summed E-state index contributed by atoms with van der Waals surface area (Å²) >= 11 is 0. The van der Waals surface area contributed by atoms with Crippen LogP contribution in [0.4, 0.5) is 4.79 Å². The molecule has 18 heavy (non-hydrogen) atoms. The first kappa shape index (κ1) is 12.6. The SMILES string of the molecule is O=C[C@@H]1CC[C@@H]2C/C=C\C[C@H](NC(=O)O)C(=O)N21. The van der Waals surface area contributed by atoms with Crippen molar-refractivity contribution in [2.24, 2.45) is 0 Å². The van der Waals surface area contributed by atoms with E-state index in [4.69, 9.17) is 5.11 Å². The Morgan fingerprint density at radius 1 is 1.39 bits per heavy atom. The van der Waals surface area contributed by atoms with Crippen molar-refractivity contribution in [3.8, 4) is 0 Å². The highest BCUT2D eigenvalue weighted by molar-refractivity contribution is 5.88. The molecule has 0 bridgehead atoms. The first-order valence-corrected chi connectivity index (χ1v) is 6.05. The number of carbonyl (C=O) groups is 3. The average molecular weight is 252 g/mol. The quantitative estimate of drug-likeness (QED) is 0.554. The van der Waals surface area contributed by atoms with E-state index < -0.39 is 18.2 Å². The molecule has 0 spiro atoms. The molecule has 0 aromatic carbocycles. The zero-order valence-corrected chi connectivity index (χ0v) is 9.91. The molecule has 6 heteroatoms. The van der Waals surface area contributed by atoms with Crippen molar-refractivity contribution in [2.75, 3.05) is 0 Å². The minimum Gasteiger partial charge on any atom is -0.465 e. The van der Waals surface area contributed by atoms with Crippen molar-refractivity contribution in [2.45, 2.75) is 43.8 Å². The fourth-order valence-corrected chi connectivity index (χ4v) is 2.66. The van der Waals surface area contributed by atoms with Crippen molar-refractivity contribution in [3.63, 3.8) is 0 Å². The van der Waals surface area contributed by atoms with Crippen LogP contribution in [0.3, 0.4) is 0 Å². The third-order valence-electron chi connectivity index (χ3n) is 3.50. The second kappa shape index (κ2) is 5.20. The summed E-state index contributed by atoms with van der Waals surface area (Å²) in [6.07, 6.45) is 5.85. The largest absolute Gasteiger partial charge is 0.465 e. The zero-order chi connectivity index (χ0) is 13.1. The number of nitrogens with zero attached hydrogens (tertiary/aromatic N) is 1. The predicted octanol–water partition coefficient (Wildman–Crippen LogP) is 0.531. The Bertz CT molecular complexity index is 394. The predicted molar refractivity (Wildman–Crippen MR) is 63.0 cm³/mol. The van der Waals surface area contributed by atoms with E-state index in [-0.39, 0.29) is 11.9 Å². The number of carboxylic acid groups (broad SMARTS) is 1. The Morgan fingerprint density at radius 3 is 2.78 bits per heavy atom. The van der Waals surface area contributed by atoms with Crippen LogP contribution in [0.1, 0.15) is 25.7 Å². The molecular weight excluding hydrogens is 236 g/mol. The lowest BCUT2D eigenvalue weighted by Crippen LogP contribution is -2.53. The van der Waals surface area contributed by atoms with Crippen molar-refractivity contribution in [3.05, 3.63) is 12.2 Å². The molecule has 0 aromatic rings. The van der Waals surface area contributed by atoms with Gasteiger partial charge >= 0.3 is 6.09 Å². The molecule has 0 aromatic heterocycles. The van der Waals surface area contributed by atoms with Gasteiger partial charge in [0.05, 0.1) is 6.04 Å². The number of hydrogen-bond donors (Lipinski definition) is 2. The van der Waals surface area contributed by atoms with E-state index in [1.165, 1.54) is 0 Å². The number of nitrogens with one attached hydrogen (secondary N) is 1. The van der Waals surface area contributed by atoms with Crippen molar-refractivity contribution < 1.29 is 19.5 Å². The van der Waals surface area contributed by atoms with E-state index in [0.29, 0.717) is 12.8 Å². The van der Waals surface area contributed by atoms with E-state index in [1.54, 1.807) is 4.90 Å². The Morgan fingerprint density at radius 2 is 2.11 bits per heavy atom. The molecule has 1 fully saturated rings. The second-order valence-corrected chi connectivity index (χ2v) is 4.62. The smallest absolute Gasteiger partial charge is 0.405 e. The molecule has 3 atom stereocenters. The van der Waals surface area contributed by atoms with Gasteiger partial charge in [-0.05, 0) is 25.7 Å². The van der Waals surface area contributed by atoms with Crippen LogP contribution in [0.5, 0.6) is 0 Å². The third kappa shape index (κ3) is 2.37. The van der Waals surface area contributed by atoms with Crippen molar-refractivity contribution >= 4 is 18.3 Å². The van der Waals surface area contributed by atoms with Gasteiger partial charge in [0.25, 0.3) is 0 Å². The van der Waals surface area contributed by atoms with Gasteiger partial charge in [-0.25, -0.2) is 4.79 Å². The molecule has 0 unspecified atom stereocenters. The standard InChI is InChI=1S/C12H16N2O4/c15-7-9-6-5-8-3-1-2-4-10(13-12(17)18)11(16)14(8)9/h1-2,7-10,13H,3-6H2,(H,17,18)/b2-1-/t8-,9-,10-/m0/s1. The lowest BCUT2D eigenvalue weighted by Gasteiger charge is -2.32. The highest BCUT2D eigenvalue weighted by atomic mass is 16.4. The number of rotatable bonds is 2. The van der Waals surface area contributed by atoms with Gasteiger partial charge in [-0.3, -0.25) is 4.79 Å². The van der Waals surface area contributed by atoms with Crippen LogP contribution >= 0.6 is 0 Å². The van der Waals surface area contributed by atoms with Gasteiger partial charge in [-0.15, -0.1) is 0 Å². The normalized spacial score (nSPS) is 33.2. The van der Waals surface area contributed by atoms with Crippen LogP contribution in [0.2, 0.25) is 0 Å². The zero-order valence-electron chi connectivity index (χ0n) is 9.91. The summed E-state index contributed by atoms with van der Waals surface area (Å²) < 4.78 is 0. The molecule has 2 aliphatic heterocycles. The molecule has 98 valence electrons. The van der Waals surface area contributed by atoms with Gasteiger partial charge in [0, 0.05) is 6.04 Å². The van der Waals surface area contributed by atoms with Gasteiger partial charge in [0.2, 0.25) is 5.91 Å². The molecule has 1 saturated heterocycles. The van der Waals surface area contributed by atoms with E-state index in [2.05, 4.69) is 5.32 Å². The molecular formula is C12H16N2O4. The van der Waals surface area contributed by atoms with E-state index in [9.17, 15) is 14.4 Å². The molecule has 2 heterocycles. The number of aldehydes is 1. The molecule has 2 aliphatic rings. The maximum atomic E-state index is 12.3. The van der Waals surface area contributed by atoms with Crippen LogP contribution in [0.25, 0.3) is 0 Å². The summed E-state index contributed by atoms with van der Waals surface area (Å²) in [5.74, 6) is -0.290. The summed E-state index contributed by atoms with van der Waals surface area (Å²) in [5, 5.41) is 10.9. The van der Waals surface area contributed by atoms with E-state index in [1.807, 2.05) is 12.2 Å². The van der Waals surface area contributed by atoms with Crippen LogP contribution in [0, 0.1) is 0 Å². The van der Waals surface area contributed by atoms with Gasteiger partial charge < -0.3 is 20.1 Å². The van der Waals surface area contributed by atoms with Crippen LogP contribution < -0.4 is 5.32 Å². The van der Waals surface area contributed by atoms with E-state index in [0.717, 1.165) is 19.1 Å². The second-order valence-electron chi connectivity index (χ2n) is 4.62. The van der Waals surface area contributed by atoms with Crippen LogP contribution in [-0.4, -0.2) is 46.4 Å². The Hall–Kier alpha value is -1.85. The first-order valence-electron chi connectivity index (χ1n) is 6.05. The van der Waals surface area contributed by atoms with E-state index >= 15 is 0 Å². The Balaban J connectivity index is 2.22. The number of hydrogen-bond acceptors (Lipinski definition) is 3. The highest BCUT2D eigenvalue weighted by Crippen LogP contribution is 2.28. The summed E-state index contributed by atoms with van der Waals surface area (Å²) in [4.78, 5) is 35.5. The maximum Gasteiger partial charge on any atom is 0.405 e. The number of carbonyl (C=O) groups excluding carboxylic acids is 2. The Labute approximate surface area is 105 Å². The monoisotopic (exact) mass is 252 g/mol. The van der Waals surface area contributed by atoms with Gasteiger partial charge in [-0.1, -0.05) is 12.2 Å². The van der Waals surface area contributed by atoms with Crippen molar-refractivity contribution in [1.82, 2.24) is 10.2 Å². The first-order chi connectivity index (χ1) is 8.63. The lowest BCUT2D eigenvalue weighted by atomic mass is 10.0. The summed E-state index contributed by atoms with van der Waals surface area (Å²) in [6, 6.07) is -1.18. The number of amides is 2. The molecule has 0 saturated carbocycles. The third-order valence-corrected chi connectivity index (χ3v) is 3.50. The Kier molecular flexibility index (Phi) is 3.64. The van der Waals surface area contributed by atoms with Gasteiger partial charge in [-0.2, -0.15) is 0 Å². The molecule has 6 nitrogen and oxygen atoms in total. The van der Waals surface area contributed by atoms with Gasteiger partial charge in [0.1, 0.15) is 12.3 Å². The van der Waals surface area contributed by atoms with Gasteiger partial charge in [0.15, 0.2) is 0 Å². The fourth-order valence-electron chi connectivity index (χ4n) is 2.66. The molecule has 0 radical (unpaired) electrons. The highest BCUT2D eigenvalue weighted by Gasteiger charge is 2.39. The van der Waals surface area contributed by atoms with Crippen LogP contribution in [-0.2, 0) is 9.59 Å². The number of fused-ring (bicyclic) bond motifs is 1. The molecule has 0 aliphatic carbocycles. The topological polar surface area (TPSA) is 86.7 Å². The fraction of sp³-hybridized carbons (Fsp3) is 0.583. The van der Waals surface area contributed by atoms with Crippen molar-refractivity contribution in [1.29, 1.82) is 0 Å². The molecule has 2 N–H and O–H groups in total.